The molecule has 0 aliphatic carbocycles. The number of hydrogen-bond donors (Lipinski definition) is 0. The number of sulfone groups is 1. The molecule has 0 radical (unpaired) electrons. The van der Waals surface area contributed by atoms with Gasteiger partial charge in [0.05, 0.1) is 5.75 Å². The number of amides is 1. The molecule has 1 aromatic rings. The Morgan fingerprint density at radius 3 is 2.35 bits per heavy atom. The molecule has 5 heteroatoms. The molecule has 2 unspecified atom stereocenters. The summed E-state index contributed by atoms with van der Waals surface area (Å²) in [4.78, 5) is 14.0. The fraction of sp³-hybridized carbons (Fsp3) is 0.611. The number of carbonyl (C=O) groups is 1. The van der Waals surface area contributed by atoms with Crippen LogP contribution in [0, 0.1) is 11.8 Å². The second-order valence-corrected chi connectivity index (χ2v) is 9.11. The highest BCUT2D eigenvalue weighted by Gasteiger charge is 2.28. The molecule has 1 saturated heterocycles. The molecule has 0 saturated carbocycles. The number of benzene rings is 1. The fourth-order valence-corrected chi connectivity index (χ4v) is 4.65. The molecule has 2 rings (SSSR count). The maximum atomic E-state index is 12.3. The van der Waals surface area contributed by atoms with Crippen molar-refractivity contribution in [2.24, 2.45) is 11.8 Å². The van der Waals surface area contributed by atoms with Crippen molar-refractivity contribution in [2.45, 2.75) is 33.1 Å². The third kappa shape index (κ3) is 5.98. The van der Waals surface area contributed by atoms with Gasteiger partial charge in [-0.05, 0) is 36.7 Å². The molecule has 1 fully saturated rings. The van der Waals surface area contributed by atoms with Crippen LogP contribution in [0.3, 0.4) is 0 Å². The van der Waals surface area contributed by atoms with Gasteiger partial charge in [-0.15, -0.1) is 0 Å². The third-order valence-corrected chi connectivity index (χ3v) is 5.93. The van der Waals surface area contributed by atoms with Crippen LogP contribution in [0.25, 0.3) is 0 Å². The van der Waals surface area contributed by atoms with Crippen molar-refractivity contribution in [3.63, 3.8) is 0 Å². The van der Waals surface area contributed by atoms with Crippen molar-refractivity contribution in [2.75, 3.05) is 24.6 Å². The van der Waals surface area contributed by atoms with E-state index in [1.54, 1.807) is 4.90 Å². The first-order valence-electron chi connectivity index (χ1n) is 8.38. The van der Waals surface area contributed by atoms with Crippen molar-refractivity contribution in [1.29, 1.82) is 0 Å². The van der Waals surface area contributed by atoms with Crippen molar-refractivity contribution in [3.05, 3.63) is 35.9 Å². The van der Waals surface area contributed by atoms with Crippen LogP contribution in [0.4, 0.5) is 0 Å². The SMILES string of the molecule is CC1CC(C)CN(C(=O)CS(=O)(=O)CCCc2ccccc2)C1. The minimum Gasteiger partial charge on any atom is -0.341 e. The largest absolute Gasteiger partial charge is 0.341 e. The summed E-state index contributed by atoms with van der Waals surface area (Å²) in [6.07, 6.45) is 2.39. The maximum absolute atomic E-state index is 12.3. The summed E-state index contributed by atoms with van der Waals surface area (Å²) in [6.45, 7) is 5.60. The molecule has 0 aromatic heterocycles. The molecule has 4 nitrogen and oxygen atoms in total. The Morgan fingerprint density at radius 1 is 1.13 bits per heavy atom. The number of nitrogens with zero attached hydrogens (tertiary/aromatic N) is 1. The van der Waals surface area contributed by atoms with E-state index in [0.717, 1.165) is 18.4 Å². The molecule has 1 aliphatic heterocycles. The lowest BCUT2D eigenvalue weighted by Gasteiger charge is -2.35. The fourth-order valence-electron chi connectivity index (χ4n) is 3.36. The molecule has 1 amide bonds. The molecule has 23 heavy (non-hydrogen) atoms. The molecule has 128 valence electrons. The number of hydrogen-bond acceptors (Lipinski definition) is 3. The van der Waals surface area contributed by atoms with E-state index >= 15 is 0 Å². The molecule has 1 heterocycles. The van der Waals surface area contributed by atoms with Gasteiger partial charge in [0, 0.05) is 13.1 Å². The Labute approximate surface area is 139 Å². The van der Waals surface area contributed by atoms with E-state index in [-0.39, 0.29) is 17.4 Å². The Bertz CT molecular complexity index is 602. The molecule has 1 aromatic carbocycles. The van der Waals surface area contributed by atoms with E-state index in [1.165, 1.54) is 0 Å². The predicted octanol–water partition coefficient (Wildman–Crippen LogP) is 2.54. The van der Waals surface area contributed by atoms with E-state index in [9.17, 15) is 13.2 Å². The first-order valence-corrected chi connectivity index (χ1v) is 10.2. The summed E-state index contributed by atoms with van der Waals surface area (Å²) in [5, 5.41) is 0. The monoisotopic (exact) mass is 337 g/mol. The maximum Gasteiger partial charge on any atom is 0.237 e. The van der Waals surface area contributed by atoms with Gasteiger partial charge < -0.3 is 4.90 Å². The molecular weight excluding hydrogens is 310 g/mol. The van der Waals surface area contributed by atoms with E-state index in [0.29, 0.717) is 31.3 Å². The highest BCUT2D eigenvalue weighted by molar-refractivity contribution is 7.92. The van der Waals surface area contributed by atoms with Crippen molar-refractivity contribution in [3.8, 4) is 0 Å². The van der Waals surface area contributed by atoms with E-state index in [4.69, 9.17) is 0 Å². The smallest absolute Gasteiger partial charge is 0.237 e. The summed E-state index contributed by atoms with van der Waals surface area (Å²) in [5.74, 6) is 0.392. The Kier molecular flexibility index (Phi) is 6.22. The van der Waals surface area contributed by atoms with Crippen LogP contribution in [0.1, 0.15) is 32.3 Å². The normalized spacial score (nSPS) is 22.1. The average Bonchev–Trinajstić information content (AvgIpc) is 2.46. The van der Waals surface area contributed by atoms with Crippen molar-refractivity contribution >= 4 is 15.7 Å². The lowest BCUT2D eigenvalue weighted by Crippen LogP contribution is -2.45. The number of rotatable bonds is 6. The van der Waals surface area contributed by atoms with E-state index in [1.807, 2.05) is 30.3 Å². The van der Waals surface area contributed by atoms with Gasteiger partial charge in [0.2, 0.25) is 5.91 Å². The van der Waals surface area contributed by atoms with Crippen LogP contribution in [0.2, 0.25) is 0 Å². The molecule has 0 bridgehead atoms. The standard InChI is InChI=1S/C18H27NO3S/c1-15-11-16(2)13-19(12-15)18(20)14-23(21,22)10-6-9-17-7-4-3-5-8-17/h3-5,7-8,15-16H,6,9-14H2,1-2H3. The summed E-state index contributed by atoms with van der Waals surface area (Å²) in [6, 6.07) is 9.83. The quantitative estimate of drug-likeness (QED) is 0.801. The minimum atomic E-state index is -3.33. The van der Waals surface area contributed by atoms with Gasteiger partial charge in [-0.1, -0.05) is 44.2 Å². The summed E-state index contributed by atoms with van der Waals surface area (Å²) in [7, 11) is -3.33. The molecule has 0 spiro atoms. The van der Waals surface area contributed by atoms with Gasteiger partial charge in [0.1, 0.15) is 5.75 Å². The Morgan fingerprint density at radius 2 is 1.74 bits per heavy atom. The molecule has 1 aliphatic rings. The van der Waals surface area contributed by atoms with Gasteiger partial charge in [-0.2, -0.15) is 0 Å². The third-order valence-electron chi connectivity index (χ3n) is 4.33. The topological polar surface area (TPSA) is 54.5 Å². The lowest BCUT2D eigenvalue weighted by atomic mass is 9.92. The van der Waals surface area contributed by atoms with Crippen LogP contribution in [0.15, 0.2) is 30.3 Å². The van der Waals surface area contributed by atoms with E-state index in [2.05, 4.69) is 13.8 Å². The van der Waals surface area contributed by atoms with Crippen LogP contribution in [-0.2, 0) is 21.1 Å². The Balaban J connectivity index is 1.81. The van der Waals surface area contributed by atoms with Gasteiger partial charge >= 0.3 is 0 Å². The summed E-state index contributed by atoms with van der Waals surface area (Å²) >= 11 is 0. The zero-order valence-electron chi connectivity index (χ0n) is 14.1. The van der Waals surface area contributed by atoms with Crippen LogP contribution in [0.5, 0.6) is 0 Å². The summed E-state index contributed by atoms with van der Waals surface area (Å²) < 4.78 is 24.4. The van der Waals surface area contributed by atoms with Crippen LogP contribution < -0.4 is 0 Å². The predicted molar refractivity (Wildman–Crippen MR) is 92.9 cm³/mol. The zero-order valence-corrected chi connectivity index (χ0v) is 14.9. The number of piperidine rings is 1. The van der Waals surface area contributed by atoms with Crippen molar-refractivity contribution < 1.29 is 13.2 Å². The Hall–Kier alpha value is -1.36. The minimum absolute atomic E-state index is 0.0760. The van der Waals surface area contributed by atoms with Gasteiger partial charge in [-0.3, -0.25) is 4.79 Å². The van der Waals surface area contributed by atoms with Crippen molar-refractivity contribution in [1.82, 2.24) is 4.90 Å². The van der Waals surface area contributed by atoms with Gasteiger partial charge in [-0.25, -0.2) is 8.42 Å². The average molecular weight is 337 g/mol. The second kappa shape index (κ2) is 7.95. The number of carbonyl (C=O) groups excluding carboxylic acids is 1. The van der Waals surface area contributed by atoms with Crippen LogP contribution >= 0.6 is 0 Å². The van der Waals surface area contributed by atoms with Gasteiger partial charge in [0.15, 0.2) is 9.84 Å². The van der Waals surface area contributed by atoms with E-state index < -0.39 is 9.84 Å². The summed E-state index contributed by atoms with van der Waals surface area (Å²) in [5.41, 5.74) is 1.13. The van der Waals surface area contributed by atoms with Gasteiger partial charge in [0.25, 0.3) is 0 Å². The zero-order chi connectivity index (χ0) is 16.9. The molecule has 0 N–H and O–H groups in total. The molecule has 2 atom stereocenters. The first-order chi connectivity index (χ1) is 10.9. The first kappa shape index (κ1) is 18.0. The van der Waals surface area contributed by atoms with Crippen LogP contribution in [-0.4, -0.2) is 43.8 Å². The number of likely N-dealkylation sites (tertiary alicyclic amines) is 1. The molecular formula is C18H27NO3S. The lowest BCUT2D eigenvalue weighted by molar-refractivity contribution is -0.131. The highest BCUT2D eigenvalue weighted by Crippen LogP contribution is 2.21. The second-order valence-electron chi connectivity index (χ2n) is 6.93. The number of aryl methyl sites for hydroxylation is 1. The highest BCUT2D eigenvalue weighted by atomic mass is 32.2.